The Morgan fingerprint density at radius 3 is 1.40 bits per heavy atom. The van der Waals surface area contributed by atoms with Gasteiger partial charge >= 0.3 is 12.1 Å². The third-order valence-electron chi connectivity index (χ3n) is 15.3. The number of amides is 2. The molecule has 0 spiro atoms. The molecule has 0 aliphatic carbocycles. The molecular formula is C75H116N2O17. The number of unbranched alkanes of at least 4 members (excludes halogenated alkanes) is 3. The molecule has 2 rings (SSSR count). The lowest BCUT2D eigenvalue weighted by Crippen LogP contribution is -2.62. The van der Waals surface area contributed by atoms with Crippen LogP contribution in [0.2, 0.25) is 0 Å². The predicted octanol–water partition coefficient (Wildman–Crippen LogP) is 11.9. The third kappa shape index (κ3) is 39.8. The quantitative estimate of drug-likeness (QED) is 0.0169. The fourth-order valence-electron chi connectivity index (χ4n) is 10.0. The highest BCUT2D eigenvalue weighted by atomic mass is 16.7. The number of allylic oxidation sites excluding steroid dienone is 24. The molecule has 4 unspecified atom stereocenters. The van der Waals surface area contributed by atoms with Crippen molar-refractivity contribution in [1.29, 1.82) is 0 Å². The average Bonchev–Trinajstić information content (AvgIpc) is 0.834. The summed E-state index contributed by atoms with van der Waals surface area (Å²) in [5.41, 5.74) is 0. The Morgan fingerprint density at radius 2 is 0.926 bits per heavy atom. The highest BCUT2D eigenvalue weighted by molar-refractivity contribution is 5.87. The summed E-state index contributed by atoms with van der Waals surface area (Å²) in [6.07, 6.45) is 51.9. The Labute approximate surface area is 561 Å². The summed E-state index contributed by atoms with van der Waals surface area (Å²) in [6.45, 7) is 5.41. The van der Waals surface area contributed by atoms with Gasteiger partial charge in [-0.1, -0.05) is 173 Å². The van der Waals surface area contributed by atoms with E-state index >= 15 is 0 Å². The predicted molar refractivity (Wildman–Crippen MR) is 369 cm³/mol. The molecular weight excluding hydrogens is 1200 g/mol. The third-order valence-corrected chi connectivity index (χ3v) is 15.3. The normalized spacial score (nSPS) is 23.0. The first kappa shape index (κ1) is 84.1. The molecule has 0 radical (unpaired) electrons. The second-order valence-corrected chi connectivity index (χ2v) is 23.2. The molecule has 2 saturated heterocycles. The van der Waals surface area contributed by atoms with E-state index in [1.165, 1.54) is 14.2 Å². The van der Waals surface area contributed by atoms with Crippen LogP contribution in [-0.4, -0.2) is 163 Å². The number of nitrogens with one attached hydrogen (secondary N) is 2. The fourth-order valence-corrected chi connectivity index (χ4v) is 10.0. The maximum atomic E-state index is 13.8. The van der Waals surface area contributed by atoms with E-state index in [2.05, 4.69) is 158 Å². The summed E-state index contributed by atoms with van der Waals surface area (Å²) < 4.78 is 37.8. The lowest BCUT2D eigenvalue weighted by Gasteiger charge is -2.43. The lowest BCUT2D eigenvalue weighted by molar-refractivity contribution is -0.328. The zero-order valence-electron chi connectivity index (χ0n) is 56.9. The molecule has 0 saturated carbocycles. The second-order valence-electron chi connectivity index (χ2n) is 23.2. The Hall–Kier alpha value is -5.97. The van der Waals surface area contributed by atoms with Crippen LogP contribution in [0.1, 0.15) is 181 Å². The number of methoxy groups -OCH3 is 2. The molecule has 94 heavy (non-hydrogen) atoms. The molecule has 7 N–H and O–H groups in total. The number of alkyl carbamates (subject to hydrolysis) is 1. The van der Waals surface area contributed by atoms with Crippen molar-refractivity contribution >= 4 is 29.5 Å². The number of Topliss-reactive ketones (excluding diaryl/α,β-unsaturated/α-hetero) is 2. The van der Waals surface area contributed by atoms with E-state index in [0.29, 0.717) is 64.2 Å². The fraction of sp³-hybridized carbons (Fsp3) is 0.613. The Kier molecular flexibility index (Phi) is 50.3. The molecule has 19 nitrogen and oxygen atoms in total. The zero-order valence-corrected chi connectivity index (χ0v) is 56.9. The smallest absolute Gasteiger partial charge is 0.408 e. The average molecular weight is 1320 g/mol. The van der Waals surface area contributed by atoms with Gasteiger partial charge in [0.1, 0.15) is 60.3 Å². The molecule has 0 bridgehead atoms. The maximum Gasteiger partial charge on any atom is 0.408 e. The van der Waals surface area contributed by atoms with Crippen molar-refractivity contribution in [3.05, 3.63) is 146 Å². The zero-order chi connectivity index (χ0) is 68.7. The van der Waals surface area contributed by atoms with Crippen molar-refractivity contribution in [2.45, 2.75) is 249 Å². The van der Waals surface area contributed by atoms with Gasteiger partial charge in [0.2, 0.25) is 5.91 Å². The van der Waals surface area contributed by atoms with Crippen LogP contribution >= 0.6 is 0 Å². The van der Waals surface area contributed by atoms with Crippen LogP contribution in [0.4, 0.5) is 4.79 Å². The summed E-state index contributed by atoms with van der Waals surface area (Å²) in [6, 6.07) is -1.23. The molecule has 2 amide bonds. The molecule has 12 atom stereocenters. The van der Waals surface area contributed by atoms with E-state index in [0.717, 1.165) is 83.5 Å². The van der Waals surface area contributed by atoms with Crippen LogP contribution in [0.5, 0.6) is 0 Å². The molecule has 2 aliphatic heterocycles. The topological polar surface area (TPSA) is 275 Å². The van der Waals surface area contributed by atoms with Gasteiger partial charge in [-0.3, -0.25) is 14.4 Å². The van der Waals surface area contributed by atoms with E-state index in [9.17, 15) is 49.5 Å². The van der Waals surface area contributed by atoms with E-state index in [4.69, 9.17) is 33.2 Å². The number of carbonyl (C=O) groups is 5. The molecule has 528 valence electrons. The van der Waals surface area contributed by atoms with Gasteiger partial charge in [-0.2, -0.15) is 0 Å². The summed E-state index contributed by atoms with van der Waals surface area (Å²) in [4.78, 5) is 66.4. The van der Waals surface area contributed by atoms with Gasteiger partial charge in [0.15, 0.2) is 18.7 Å². The lowest BCUT2D eigenvalue weighted by atomic mass is 9.92. The second kappa shape index (κ2) is 56.2. The Balaban J connectivity index is 1.93. The van der Waals surface area contributed by atoms with E-state index < -0.39 is 92.0 Å². The van der Waals surface area contributed by atoms with Crippen LogP contribution < -0.4 is 10.6 Å². The monoisotopic (exact) mass is 1320 g/mol. The molecule has 19 heteroatoms. The SMILES string of the molecule is CC/C=C\C/C=C\C/C=C\C/C=C\C/C=C\C/C=C\CCC(=O)CCCCC[C@H](CC(=O)CC/C=C\C/C=C\C/C=C\C/C=C\C/C=C\C/C=C\CC)C(=O)NCCCC[C@H](NC(=O)O[C@@H]1C(O)[C@@H](OC)OC(CO[C@@H]2OC(COC)[C@@H](O)[C@H](O)C2O)[C@H]1O)C(=O)OCC. The minimum atomic E-state index is -1.75. The van der Waals surface area contributed by atoms with Gasteiger partial charge in [-0.05, 0) is 129 Å². The van der Waals surface area contributed by atoms with Gasteiger partial charge in [-0.15, -0.1) is 0 Å². The number of esters is 1. The van der Waals surface area contributed by atoms with Crippen molar-refractivity contribution in [3.63, 3.8) is 0 Å². The minimum Gasteiger partial charge on any atom is -0.464 e. The number of aliphatic hydroxyl groups excluding tert-OH is 5. The first-order valence-electron chi connectivity index (χ1n) is 34.3. The van der Waals surface area contributed by atoms with Gasteiger partial charge < -0.3 is 69.3 Å². The summed E-state index contributed by atoms with van der Waals surface area (Å²) in [5, 5.41) is 58.9. The van der Waals surface area contributed by atoms with Crippen LogP contribution in [0.25, 0.3) is 0 Å². The first-order valence-corrected chi connectivity index (χ1v) is 34.3. The summed E-state index contributed by atoms with van der Waals surface area (Å²) in [7, 11) is 2.56. The number of aliphatic hydroxyl groups is 5. The minimum absolute atomic E-state index is 0.00118. The number of hydrogen-bond donors (Lipinski definition) is 7. The Morgan fingerprint density at radius 1 is 0.468 bits per heavy atom. The number of hydrogen-bond acceptors (Lipinski definition) is 17. The van der Waals surface area contributed by atoms with Crippen molar-refractivity contribution in [2.24, 2.45) is 5.92 Å². The van der Waals surface area contributed by atoms with Crippen molar-refractivity contribution in [2.75, 3.05) is 40.6 Å². The van der Waals surface area contributed by atoms with Crippen LogP contribution in [0, 0.1) is 5.92 Å². The van der Waals surface area contributed by atoms with Crippen molar-refractivity contribution in [1.82, 2.24) is 10.6 Å². The number of rotatable bonds is 52. The van der Waals surface area contributed by atoms with Crippen LogP contribution in [0.3, 0.4) is 0 Å². The molecule has 0 aromatic rings. The molecule has 0 aromatic heterocycles. The maximum absolute atomic E-state index is 13.8. The van der Waals surface area contributed by atoms with Gasteiger partial charge in [0, 0.05) is 52.4 Å². The summed E-state index contributed by atoms with van der Waals surface area (Å²) in [5.74, 6) is -1.43. The number of ketones is 2. The Bertz CT molecular complexity index is 2420. The standard InChI is InChI=1S/C75H116N2O17/c1-6-9-11-13-15-17-19-21-23-25-27-29-31-33-35-37-39-41-45-51-60(78)52-47-43-44-50-59(56-61(79)53-46-42-40-38-36-34-32-30-28-26-24-22-20-18-16-14-12-10-7-2)71(85)76-55-49-48-54-62(72(86)90-8-3)77-75(87)94-70-66(81)64(92-73(89-5)69(70)84)58-91-74-68(83)67(82)65(80)63(93-74)57-88-4/h9-12,15-18,21-24,27-30,33-36,39-42,59,62-70,73-74,80-84H,6-8,13-14,19-20,25-26,31-32,37-38,43-58H2,1-5H3,(H,76,85)(H,77,87)/b11-9-,12-10-,17-15-,18-16-,23-21-,24-22-,29-27-,30-28-,35-33-,36-34-,41-39-,42-40-/t59-,62+,63?,64?,65-,66-,67+,68?,69?,70+,73+,74-/m1/s1. The highest BCUT2D eigenvalue weighted by Gasteiger charge is 2.49. The van der Waals surface area contributed by atoms with Crippen LogP contribution in [-0.2, 0) is 52.3 Å². The summed E-state index contributed by atoms with van der Waals surface area (Å²) >= 11 is 0. The largest absolute Gasteiger partial charge is 0.464 e. The number of ether oxygens (including phenoxy) is 7. The van der Waals surface area contributed by atoms with Crippen molar-refractivity contribution < 1.29 is 82.7 Å². The van der Waals surface area contributed by atoms with Gasteiger partial charge in [0.25, 0.3) is 0 Å². The van der Waals surface area contributed by atoms with Crippen LogP contribution in [0.15, 0.2) is 146 Å². The van der Waals surface area contributed by atoms with E-state index in [-0.39, 0.29) is 50.1 Å². The van der Waals surface area contributed by atoms with E-state index in [1.54, 1.807) is 6.92 Å². The van der Waals surface area contributed by atoms with Gasteiger partial charge in [0.05, 0.1) is 19.8 Å². The van der Waals surface area contributed by atoms with Gasteiger partial charge in [-0.25, -0.2) is 9.59 Å². The molecule has 2 aliphatic rings. The number of carbonyl (C=O) groups excluding carboxylic acids is 5. The molecule has 2 heterocycles. The van der Waals surface area contributed by atoms with E-state index in [1.807, 2.05) is 12.2 Å². The van der Waals surface area contributed by atoms with Crippen molar-refractivity contribution in [3.8, 4) is 0 Å². The molecule has 2 fully saturated rings. The highest BCUT2D eigenvalue weighted by Crippen LogP contribution is 2.28. The first-order chi connectivity index (χ1) is 45.7. The molecule has 0 aromatic carbocycles.